The Hall–Kier alpha value is -2.77. The van der Waals surface area contributed by atoms with Crippen LogP contribution in [-0.2, 0) is 15.1 Å². The van der Waals surface area contributed by atoms with E-state index in [9.17, 15) is 4.79 Å². The van der Waals surface area contributed by atoms with Crippen LogP contribution in [-0.4, -0.2) is 66.1 Å². The molecule has 2 aromatic carbocycles. The lowest BCUT2D eigenvalue weighted by Gasteiger charge is -2.40. The van der Waals surface area contributed by atoms with Gasteiger partial charge in [0.05, 0.1) is 13.2 Å². The van der Waals surface area contributed by atoms with Crippen LogP contribution in [0.15, 0.2) is 71.4 Å². The Balaban J connectivity index is 1.38. The van der Waals surface area contributed by atoms with Gasteiger partial charge in [-0.05, 0) is 36.3 Å². The summed E-state index contributed by atoms with van der Waals surface area (Å²) in [5.74, 6) is 1.60. The molecule has 1 atom stereocenters. The Morgan fingerprint density at radius 2 is 1.81 bits per heavy atom. The maximum atomic E-state index is 12.4. The molecule has 2 fully saturated rings. The lowest BCUT2D eigenvalue weighted by Crippen LogP contribution is -2.46. The van der Waals surface area contributed by atoms with Crippen molar-refractivity contribution in [2.75, 3.05) is 45.2 Å². The number of thioether (sulfide) groups is 1. The van der Waals surface area contributed by atoms with Gasteiger partial charge in [0.15, 0.2) is 11.8 Å². The molecule has 3 aliphatic rings. The highest BCUT2D eigenvalue weighted by molar-refractivity contribution is 8.14. The van der Waals surface area contributed by atoms with Crippen molar-refractivity contribution in [3.8, 4) is 5.75 Å². The van der Waals surface area contributed by atoms with Gasteiger partial charge >= 0.3 is 0 Å². The maximum Gasteiger partial charge on any atom is 0.260 e. The normalized spacial score (nSPS) is 22.8. The topological polar surface area (TPSA) is 54.4 Å². The van der Waals surface area contributed by atoms with Crippen LogP contribution in [0.3, 0.4) is 0 Å². The number of carbonyl (C=O) groups is 1. The van der Waals surface area contributed by atoms with Crippen molar-refractivity contribution >= 4 is 22.8 Å². The minimum Gasteiger partial charge on any atom is -0.484 e. The molecule has 2 aromatic rings. The second-order valence-corrected chi connectivity index (χ2v) is 9.11. The standard InChI is InChI=1S/C25H27N3O3S/c1-19-11-12-28-24(26-19)32-18-25(28,20-5-3-2-4-6-20)21-7-9-22(10-8-21)31-17-23(29)27-13-15-30-16-14-27/h2-11H,12-18H2,1H3. The van der Waals surface area contributed by atoms with Gasteiger partial charge in [0.25, 0.3) is 5.91 Å². The third kappa shape index (κ3) is 3.91. The molecule has 1 amide bonds. The van der Waals surface area contributed by atoms with Gasteiger partial charge in [0.1, 0.15) is 11.3 Å². The molecule has 0 saturated carbocycles. The molecule has 1 unspecified atom stereocenters. The quantitative estimate of drug-likeness (QED) is 0.700. The first-order valence-corrected chi connectivity index (χ1v) is 12.0. The van der Waals surface area contributed by atoms with Gasteiger partial charge in [0.2, 0.25) is 0 Å². The Morgan fingerprint density at radius 3 is 2.56 bits per heavy atom. The summed E-state index contributed by atoms with van der Waals surface area (Å²) in [6.07, 6.45) is 2.18. The molecule has 3 aliphatic heterocycles. The molecule has 0 radical (unpaired) electrons. The van der Waals surface area contributed by atoms with Crippen LogP contribution in [0.2, 0.25) is 0 Å². The largest absolute Gasteiger partial charge is 0.484 e. The van der Waals surface area contributed by atoms with E-state index in [1.807, 2.05) is 12.1 Å². The first kappa shape index (κ1) is 21.1. The number of hydrogen-bond donors (Lipinski definition) is 0. The van der Waals surface area contributed by atoms with Crippen molar-refractivity contribution in [2.45, 2.75) is 12.5 Å². The average Bonchev–Trinajstić information content (AvgIpc) is 3.23. The fourth-order valence-corrected chi connectivity index (χ4v) is 5.89. The fourth-order valence-electron chi connectivity index (χ4n) is 4.47. The van der Waals surface area contributed by atoms with Crippen LogP contribution < -0.4 is 4.74 Å². The smallest absolute Gasteiger partial charge is 0.260 e. The van der Waals surface area contributed by atoms with Crippen LogP contribution >= 0.6 is 11.8 Å². The van der Waals surface area contributed by atoms with Crippen molar-refractivity contribution in [3.05, 3.63) is 77.5 Å². The predicted octanol–water partition coefficient (Wildman–Crippen LogP) is 3.49. The molecule has 0 bridgehead atoms. The Labute approximate surface area is 192 Å². The van der Waals surface area contributed by atoms with E-state index in [2.05, 4.69) is 60.4 Å². The minimum atomic E-state index is -0.288. The van der Waals surface area contributed by atoms with Gasteiger partial charge in [0, 0.05) is 31.1 Å². The van der Waals surface area contributed by atoms with E-state index in [4.69, 9.17) is 14.5 Å². The molecule has 6 nitrogen and oxygen atoms in total. The summed E-state index contributed by atoms with van der Waals surface area (Å²) in [6.45, 7) is 5.38. The predicted molar refractivity (Wildman–Crippen MR) is 127 cm³/mol. The molecule has 0 spiro atoms. The van der Waals surface area contributed by atoms with Gasteiger partial charge in [-0.2, -0.15) is 0 Å². The number of allylic oxidation sites excluding steroid dienone is 1. The molecule has 166 valence electrons. The monoisotopic (exact) mass is 449 g/mol. The van der Waals surface area contributed by atoms with E-state index >= 15 is 0 Å². The Bertz CT molecular complexity index is 1030. The summed E-state index contributed by atoms with van der Waals surface area (Å²) in [7, 11) is 0. The molecule has 0 aliphatic carbocycles. The van der Waals surface area contributed by atoms with Crippen LogP contribution in [0.4, 0.5) is 0 Å². The highest BCUT2D eigenvalue weighted by Gasteiger charge is 2.47. The number of aliphatic imine (C=N–C) groups is 1. The zero-order chi connectivity index (χ0) is 22.0. The summed E-state index contributed by atoms with van der Waals surface area (Å²) in [6, 6.07) is 18.8. The summed E-state index contributed by atoms with van der Waals surface area (Å²) < 4.78 is 11.1. The van der Waals surface area contributed by atoms with Gasteiger partial charge in [-0.25, -0.2) is 4.99 Å². The Morgan fingerprint density at radius 1 is 1.09 bits per heavy atom. The van der Waals surface area contributed by atoms with Gasteiger partial charge in [-0.15, -0.1) is 0 Å². The van der Waals surface area contributed by atoms with Crippen molar-refractivity contribution in [1.82, 2.24) is 9.80 Å². The van der Waals surface area contributed by atoms with Gasteiger partial charge in [-0.3, -0.25) is 4.79 Å². The lowest BCUT2D eigenvalue weighted by atomic mass is 9.82. The van der Waals surface area contributed by atoms with Crippen LogP contribution in [0, 0.1) is 0 Å². The second kappa shape index (κ2) is 9.00. The van der Waals surface area contributed by atoms with E-state index < -0.39 is 0 Å². The van der Waals surface area contributed by atoms with Crippen LogP contribution in [0.1, 0.15) is 18.1 Å². The maximum absolute atomic E-state index is 12.4. The first-order chi connectivity index (χ1) is 15.7. The summed E-state index contributed by atoms with van der Waals surface area (Å²) in [4.78, 5) is 21.4. The van der Waals surface area contributed by atoms with Crippen molar-refractivity contribution in [2.24, 2.45) is 4.99 Å². The van der Waals surface area contributed by atoms with E-state index in [0.717, 1.165) is 23.2 Å². The number of rotatable bonds is 5. The fraction of sp³-hybridized carbons (Fsp3) is 0.360. The molecular weight excluding hydrogens is 422 g/mol. The number of amides is 1. The van der Waals surface area contributed by atoms with E-state index in [1.165, 1.54) is 11.1 Å². The summed E-state index contributed by atoms with van der Waals surface area (Å²) >= 11 is 1.80. The third-order valence-electron chi connectivity index (χ3n) is 6.25. The van der Waals surface area contributed by atoms with E-state index in [-0.39, 0.29) is 18.1 Å². The molecule has 0 N–H and O–H groups in total. The third-order valence-corrected chi connectivity index (χ3v) is 7.38. The van der Waals surface area contributed by atoms with Gasteiger partial charge < -0.3 is 19.3 Å². The molecule has 7 heteroatoms. The van der Waals surface area contributed by atoms with E-state index in [0.29, 0.717) is 32.1 Å². The number of carbonyl (C=O) groups excluding carboxylic acids is 1. The van der Waals surface area contributed by atoms with Crippen LogP contribution in [0.25, 0.3) is 0 Å². The molecule has 0 aromatic heterocycles. The molecular formula is C25H27N3O3S. The number of ether oxygens (including phenoxy) is 2. The number of morpholine rings is 1. The first-order valence-electron chi connectivity index (χ1n) is 11.0. The number of benzene rings is 2. The number of nitrogens with zero attached hydrogens (tertiary/aromatic N) is 3. The minimum absolute atomic E-state index is 0.00153. The highest BCUT2D eigenvalue weighted by Crippen LogP contribution is 2.47. The highest BCUT2D eigenvalue weighted by atomic mass is 32.2. The van der Waals surface area contributed by atoms with Crippen molar-refractivity contribution in [3.63, 3.8) is 0 Å². The SMILES string of the molecule is CC1=CCN2C(=N1)SCC2(c1ccccc1)c1ccc(OCC(=O)N2CCOCC2)cc1. The second-order valence-electron chi connectivity index (χ2n) is 8.17. The number of hydrogen-bond acceptors (Lipinski definition) is 6. The number of amidine groups is 1. The zero-order valence-electron chi connectivity index (χ0n) is 18.2. The zero-order valence-corrected chi connectivity index (χ0v) is 19.0. The lowest BCUT2D eigenvalue weighted by molar-refractivity contribution is -0.137. The van der Waals surface area contributed by atoms with Crippen molar-refractivity contribution in [1.29, 1.82) is 0 Å². The summed E-state index contributed by atoms with van der Waals surface area (Å²) in [5.41, 5.74) is 3.23. The number of fused-ring (bicyclic) bond motifs is 1. The Kier molecular flexibility index (Phi) is 5.93. The van der Waals surface area contributed by atoms with E-state index in [1.54, 1.807) is 16.7 Å². The molecule has 5 rings (SSSR count). The molecule has 32 heavy (non-hydrogen) atoms. The summed E-state index contributed by atoms with van der Waals surface area (Å²) in [5, 5.41) is 1.07. The van der Waals surface area contributed by atoms with Gasteiger partial charge in [-0.1, -0.05) is 54.2 Å². The molecule has 2 saturated heterocycles. The van der Waals surface area contributed by atoms with Crippen molar-refractivity contribution < 1.29 is 14.3 Å². The van der Waals surface area contributed by atoms with Crippen LogP contribution in [0.5, 0.6) is 5.75 Å². The molecule has 3 heterocycles. The average molecular weight is 450 g/mol.